The normalized spacial score (nSPS) is 10.2. The monoisotopic (exact) mass is 296 g/mol. The number of carbonyl (C=O) groups is 2. The third-order valence-corrected chi connectivity index (χ3v) is 3.52. The zero-order valence-electron chi connectivity index (χ0n) is 11.6. The number of rotatable bonds is 9. The van der Waals surface area contributed by atoms with Gasteiger partial charge < -0.3 is 10.4 Å². The van der Waals surface area contributed by atoms with Gasteiger partial charge in [0.25, 0.3) is 5.91 Å². The molecule has 20 heavy (non-hydrogen) atoms. The standard InChI is InChI=1S/C14H20N2O3S/c1-20-14-11(7-6-10-16-14)13(19)15-9-5-3-2-4-8-12(17)18/h6-7,10H,2-5,8-9H2,1H3,(H,15,19)(H,17,18). The number of carbonyl (C=O) groups excluding carboxylic acids is 1. The highest BCUT2D eigenvalue weighted by atomic mass is 32.2. The summed E-state index contributed by atoms with van der Waals surface area (Å²) in [7, 11) is 0. The Morgan fingerprint density at radius 2 is 2.05 bits per heavy atom. The zero-order chi connectivity index (χ0) is 14.8. The Balaban J connectivity index is 2.22. The maximum Gasteiger partial charge on any atom is 0.303 e. The van der Waals surface area contributed by atoms with Crippen LogP contribution >= 0.6 is 11.8 Å². The first-order chi connectivity index (χ1) is 9.65. The molecule has 0 radical (unpaired) electrons. The number of aromatic nitrogens is 1. The van der Waals surface area contributed by atoms with Gasteiger partial charge in [0.1, 0.15) is 5.03 Å². The average Bonchev–Trinajstić information content (AvgIpc) is 2.45. The number of hydrogen-bond donors (Lipinski definition) is 2. The Morgan fingerprint density at radius 3 is 2.75 bits per heavy atom. The van der Waals surface area contributed by atoms with Crippen LogP contribution < -0.4 is 5.32 Å². The van der Waals surface area contributed by atoms with Crippen molar-refractivity contribution in [1.29, 1.82) is 0 Å². The van der Waals surface area contributed by atoms with Gasteiger partial charge in [0.05, 0.1) is 5.56 Å². The Morgan fingerprint density at radius 1 is 1.30 bits per heavy atom. The summed E-state index contributed by atoms with van der Waals surface area (Å²) in [6.07, 6.45) is 7.15. The molecular weight excluding hydrogens is 276 g/mol. The van der Waals surface area contributed by atoms with Gasteiger partial charge in [0.2, 0.25) is 0 Å². The van der Waals surface area contributed by atoms with Crippen molar-refractivity contribution in [3.8, 4) is 0 Å². The average molecular weight is 296 g/mol. The summed E-state index contributed by atoms with van der Waals surface area (Å²) in [6, 6.07) is 3.52. The second-order valence-corrected chi connectivity index (χ2v) is 5.17. The minimum Gasteiger partial charge on any atom is -0.481 e. The van der Waals surface area contributed by atoms with Crippen molar-refractivity contribution >= 4 is 23.6 Å². The SMILES string of the molecule is CSc1ncccc1C(=O)NCCCCCCC(=O)O. The molecule has 0 saturated heterocycles. The minimum atomic E-state index is -0.750. The summed E-state index contributed by atoms with van der Waals surface area (Å²) < 4.78 is 0. The van der Waals surface area contributed by atoms with Crippen molar-refractivity contribution < 1.29 is 14.7 Å². The van der Waals surface area contributed by atoms with Crippen LogP contribution in [-0.2, 0) is 4.79 Å². The molecule has 0 aliphatic heterocycles. The number of thioether (sulfide) groups is 1. The molecular formula is C14H20N2O3S. The number of pyridine rings is 1. The van der Waals surface area contributed by atoms with Gasteiger partial charge in [-0.05, 0) is 31.2 Å². The van der Waals surface area contributed by atoms with Crippen molar-refractivity contribution in [3.63, 3.8) is 0 Å². The lowest BCUT2D eigenvalue weighted by Gasteiger charge is -2.07. The predicted molar refractivity (Wildman–Crippen MR) is 79.1 cm³/mol. The third-order valence-electron chi connectivity index (χ3n) is 2.81. The molecule has 0 unspecified atom stereocenters. The molecule has 1 aromatic heterocycles. The molecule has 1 aromatic rings. The highest BCUT2D eigenvalue weighted by Crippen LogP contribution is 2.16. The fraction of sp³-hybridized carbons (Fsp3) is 0.500. The van der Waals surface area contributed by atoms with E-state index in [1.54, 1.807) is 18.3 Å². The van der Waals surface area contributed by atoms with Crippen LogP contribution in [0.2, 0.25) is 0 Å². The van der Waals surface area contributed by atoms with Crippen LogP contribution in [0, 0.1) is 0 Å². The Bertz CT molecular complexity index is 452. The molecule has 0 fully saturated rings. The van der Waals surface area contributed by atoms with E-state index < -0.39 is 5.97 Å². The van der Waals surface area contributed by atoms with Crippen molar-refractivity contribution in [2.24, 2.45) is 0 Å². The largest absolute Gasteiger partial charge is 0.481 e. The number of nitrogens with zero attached hydrogens (tertiary/aromatic N) is 1. The molecule has 2 N–H and O–H groups in total. The van der Waals surface area contributed by atoms with Gasteiger partial charge in [0, 0.05) is 19.2 Å². The maximum atomic E-state index is 12.0. The van der Waals surface area contributed by atoms with Crippen LogP contribution in [0.15, 0.2) is 23.4 Å². The van der Waals surface area contributed by atoms with E-state index in [1.165, 1.54) is 11.8 Å². The molecule has 1 heterocycles. The summed E-state index contributed by atoms with van der Waals surface area (Å²) in [6.45, 7) is 0.606. The van der Waals surface area contributed by atoms with Crippen LogP contribution in [0.1, 0.15) is 42.5 Å². The first kappa shape index (κ1) is 16.5. The fourth-order valence-electron chi connectivity index (χ4n) is 1.78. The van der Waals surface area contributed by atoms with E-state index in [4.69, 9.17) is 5.11 Å². The van der Waals surface area contributed by atoms with Crippen molar-refractivity contribution in [3.05, 3.63) is 23.9 Å². The number of aliphatic carboxylic acids is 1. The second-order valence-electron chi connectivity index (χ2n) is 4.37. The fourth-order valence-corrected chi connectivity index (χ4v) is 2.33. The van der Waals surface area contributed by atoms with Gasteiger partial charge in [-0.1, -0.05) is 12.8 Å². The van der Waals surface area contributed by atoms with Gasteiger partial charge in [-0.2, -0.15) is 0 Å². The highest BCUT2D eigenvalue weighted by Gasteiger charge is 2.10. The maximum absolute atomic E-state index is 12.0. The number of amides is 1. The van der Waals surface area contributed by atoms with Crippen LogP contribution in [0.4, 0.5) is 0 Å². The lowest BCUT2D eigenvalue weighted by molar-refractivity contribution is -0.137. The molecule has 6 heteroatoms. The molecule has 0 aliphatic rings. The molecule has 0 aromatic carbocycles. The quantitative estimate of drug-likeness (QED) is 0.541. The summed E-state index contributed by atoms with van der Waals surface area (Å²) in [5.74, 6) is -0.854. The molecule has 5 nitrogen and oxygen atoms in total. The molecule has 1 amide bonds. The molecule has 0 bridgehead atoms. The molecule has 0 saturated carbocycles. The predicted octanol–water partition coefficient (Wildman–Crippen LogP) is 2.57. The van der Waals surface area contributed by atoms with E-state index in [-0.39, 0.29) is 12.3 Å². The van der Waals surface area contributed by atoms with Crippen molar-refractivity contribution in [1.82, 2.24) is 10.3 Å². The van der Waals surface area contributed by atoms with Crippen molar-refractivity contribution in [2.75, 3.05) is 12.8 Å². The summed E-state index contributed by atoms with van der Waals surface area (Å²) in [4.78, 5) is 26.4. The Hall–Kier alpha value is -1.56. The summed E-state index contributed by atoms with van der Waals surface area (Å²) in [5, 5.41) is 12.1. The van der Waals surface area contributed by atoms with Gasteiger partial charge in [-0.3, -0.25) is 9.59 Å². The summed E-state index contributed by atoms with van der Waals surface area (Å²) in [5.41, 5.74) is 0.603. The highest BCUT2D eigenvalue weighted by molar-refractivity contribution is 7.98. The van der Waals surface area contributed by atoms with Crippen LogP contribution in [0.3, 0.4) is 0 Å². The second kappa shape index (κ2) is 9.36. The van der Waals surface area contributed by atoms with Gasteiger partial charge in [0.15, 0.2) is 0 Å². The number of carboxylic acid groups (broad SMARTS) is 1. The Kier molecular flexibility index (Phi) is 7.72. The van der Waals surface area contributed by atoms with E-state index in [0.29, 0.717) is 18.5 Å². The first-order valence-corrected chi connectivity index (χ1v) is 7.86. The van der Waals surface area contributed by atoms with Crippen LogP contribution in [0.25, 0.3) is 0 Å². The number of carboxylic acids is 1. The van der Waals surface area contributed by atoms with Gasteiger partial charge in [-0.25, -0.2) is 4.98 Å². The van der Waals surface area contributed by atoms with Gasteiger partial charge in [-0.15, -0.1) is 11.8 Å². The molecule has 0 atom stereocenters. The number of nitrogens with one attached hydrogen (secondary N) is 1. The number of unbranched alkanes of at least 4 members (excludes halogenated alkanes) is 3. The van der Waals surface area contributed by atoms with Crippen molar-refractivity contribution in [2.45, 2.75) is 37.1 Å². The van der Waals surface area contributed by atoms with E-state index in [1.807, 2.05) is 6.26 Å². The smallest absolute Gasteiger partial charge is 0.303 e. The first-order valence-electron chi connectivity index (χ1n) is 6.64. The van der Waals surface area contributed by atoms with Crippen LogP contribution in [-0.4, -0.2) is 34.8 Å². The van der Waals surface area contributed by atoms with E-state index in [9.17, 15) is 9.59 Å². The van der Waals surface area contributed by atoms with E-state index in [2.05, 4.69) is 10.3 Å². The molecule has 0 spiro atoms. The molecule has 0 aliphatic carbocycles. The zero-order valence-corrected chi connectivity index (χ0v) is 12.4. The Labute approximate surface area is 123 Å². The van der Waals surface area contributed by atoms with Gasteiger partial charge >= 0.3 is 5.97 Å². The molecule has 110 valence electrons. The minimum absolute atomic E-state index is 0.104. The topological polar surface area (TPSA) is 79.3 Å². The van der Waals surface area contributed by atoms with Crippen LogP contribution in [0.5, 0.6) is 0 Å². The lowest BCUT2D eigenvalue weighted by atomic mass is 10.1. The summed E-state index contributed by atoms with van der Waals surface area (Å²) >= 11 is 1.45. The number of hydrogen-bond acceptors (Lipinski definition) is 4. The van der Waals surface area contributed by atoms with E-state index >= 15 is 0 Å². The third kappa shape index (κ3) is 6.06. The molecule has 1 rings (SSSR count). The lowest BCUT2D eigenvalue weighted by Crippen LogP contribution is -2.25. The van der Waals surface area contributed by atoms with E-state index in [0.717, 1.165) is 24.3 Å².